The van der Waals surface area contributed by atoms with Crippen LogP contribution in [0.3, 0.4) is 0 Å². The molecule has 616 valence electrons. The monoisotopic (exact) mass is 1550 g/mol. The first-order valence-corrected chi connectivity index (χ1v) is 44.7. The molecule has 0 rings (SSSR count). The Hall–Kier alpha value is -5.32. The van der Waals surface area contributed by atoms with Gasteiger partial charge in [-0.25, -0.2) is 9.13 Å². The highest BCUT2D eigenvalue weighted by Gasteiger charge is 2.30. The summed E-state index contributed by atoms with van der Waals surface area (Å²) in [6, 6.07) is 0. The molecule has 0 radical (unpaired) electrons. The number of aliphatic hydroxyl groups excluding tert-OH is 1. The second kappa shape index (κ2) is 79.8. The zero-order valence-corrected chi connectivity index (χ0v) is 69.3. The Morgan fingerprint density at radius 2 is 0.500 bits per heavy atom. The van der Waals surface area contributed by atoms with Crippen LogP contribution in [0.2, 0.25) is 0 Å². The van der Waals surface area contributed by atoms with Gasteiger partial charge in [0.05, 0.1) is 26.4 Å². The molecule has 5 atom stereocenters. The van der Waals surface area contributed by atoms with Crippen LogP contribution in [-0.2, 0) is 65.4 Å². The zero-order chi connectivity index (χ0) is 78.9. The van der Waals surface area contributed by atoms with E-state index in [-0.39, 0.29) is 25.7 Å². The maximum absolute atomic E-state index is 13.1. The van der Waals surface area contributed by atoms with Gasteiger partial charge < -0.3 is 33.8 Å². The predicted octanol–water partition coefficient (Wildman–Crippen LogP) is 24.8. The lowest BCUT2D eigenvalue weighted by Crippen LogP contribution is -2.30. The van der Waals surface area contributed by atoms with E-state index in [0.717, 1.165) is 173 Å². The normalized spacial score (nSPS) is 14.6. The van der Waals surface area contributed by atoms with Gasteiger partial charge in [0.2, 0.25) is 0 Å². The van der Waals surface area contributed by atoms with Gasteiger partial charge in [-0.1, -0.05) is 321 Å². The van der Waals surface area contributed by atoms with E-state index < -0.39 is 97.5 Å². The smallest absolute Gasteiger partial charge is 0.462 e. The minimum atomic E-state index is -5.01. The number of carbonyl (C=O) groups excluding carboxylic acids is 4. The molecule has 0 aliphatic carbocycles. The van der Waals surface area contributed by atoms with Crippen molar-refractivity contribution in [1.82, 2.24) is 0 Å². The maximum atomic E-state index is 13.1. The molecule has 19 heteroatoms. The Labute approximate surface area is 655 Å². The fourth-order valence-corrected chi connectivity index (χ4v) is 12.4. The van der Waals surface area contributed by atoms with Crippen LogP contribution < -0.4 is 0 Å². The Morgan fingerprint density at radius 3 is 0.796 bits per heavy atom. The molecule has 0 aromatic rings. The van der Waals surface area contributed by atoms with E-state index in [1.165, 1.54) is 64.2 Å². The minimum Gasteiger partial charge on any atom is -0.462 e. The van der Waals surface area contributed by atoms with Gasteiger partial charge in [0.1, 0.15) is 19.3 Å². The molecule has 0 aliphatic rings. The van der Waals surface area contributed by atoms with Gasteiger partial charge in [0.15, 0.2) is 12.2 Å². The predicted molar refractivity (Wildman–Crippen MR) is 445 cm³/mol. The standard InChI is InChI=1S/C89H148O17P2/c1-5-9-13-17-21-25-29-33-37-39-41-43-47-49-53-57-61-65-69-73-86(91)99-79-84(105-88(93)75-71-67-63-59-55-51-45-35-31-27-23-19-15-11-7-3)81-103-107(95,96)101-77-83(90)78-102-108(97,98)104-82-85(106-89(94)76-72-68-64-60-56-52-46-36-32-28-24-20-16-12-8-4)80-100-87(92)74-70-66-62-58-54-50-48-44-42-40-38-34-30-26-22-18-14-10-6-2/h9-11,13-15,21-23,25-27,33-35,37-38,41-45,49,53,61,65,83-85,90H,5-8,12,16-20,24,28-32,36,39-40,46-48,50-52,54-60,62-64,66-82H2,1-4H3,(H,95,96)(H,97,98)/b13-9-,14-10-,15-11-,25-21-,26-22-,27-23-,37-33-,38-34-,43-41-,44-42-,45-35-,53-49-,65-61-. The second-order valence-electron chi connectivity index (χ2n) is 27.3. The van der Waals surface area contributed by atoms with Gasteiger partial charge in [0, 0.05) is 25.7 Å². The maximum Gasteiger partial charge on any atom is 0.472 e. The van der Waals surface area contributed by atoms with Crippen molar-refractivity contribution < 1.29 is 80.2 Å². The Morgan fingerprint density at radius 1 is 0.269 bits per heavy atom. The van der Waals surface area contributed by atoms with Crippen LogP contribution in [0.1, 0.15) is 323 Å². The van der Waals surface area contributed by atoms with Crippen LogP contribution in [0.25, 0.3) is 0 Å². The largest absolute Gasteiger partial charge is 0.472 e. The van der Waals surface area contributed by atoms with E-state index in [1.807, 2.05) is 18.2 Å². The number of allylic oxidation sites excluding steroid dienone is 26. The lowest BCUT2D eigenvalue weighted by Gasteiger charge is -2.21. The molecule has 0 saturated heterocycles. The van der Waals surface area contributed by atoms with Gasteiger partial charge in [-0.3, -0.25) is 37.3 Å². The highest BCUT2D eigenvalue weighted by atomic mass is 31.2. The number of ether oxygens (including phenoxy) is 4. The molecular weight excluding hydrogens is 1400 g/mol. The van der Waals surface area contributed by atoms with Crippen LogP contribution in [0.15, 0.2) is 158 Å². The summed E-state index contributed by atoms with van der Waals surface area (Å²) in [7, 11) is -10.00. The molecule has 0 aliphatic heterocycles. The number of hydrogen-bond acceptors (Lipinski definition) is 15. The van der Waals surface area contributed by atoms with Crippen molar-refractivity contribution in [1.29, 1.82) is 0 Å². The fourth-order valence-electron chi connectivity index (χ4n) is 10.8. The van der Waals surface area contributed by atoms with Gasteiger partial charge in [-0.2, -0.15) is 0 Å². The van der Waals surface area contributed by atoms with Gasteiger partial charge in [0.25, 0.3) is 0 Å². The lowest BCUT2D eigenvalue weighted by atomic mass is 10.0. The molecule has 5 unspecified atom stereocenters. The number of esters is 4. The van der Waals surface area contributed by atoms with Crippen molar-refractivity contribution >= 4 is 39.5 Å². The quantitative estimate of drug-likeness (QED) is 0.0169. The average Bonchev–Trinajstić information content (AvgIpc) is 0.923. The Kier molecular flexibility index (Phi) is 75.8. The highest BCUT2D eigenvalue weighted by Crippen LogP contribution is 2.45. The lowest BCUT2D eigenvalue weighted by molar-refractivity contribution is -0.161. The SMILES string of the molecule is CC/C=C\C/C=C\C/C=C\C/C=C\C/C=C\C/C=C\CCC(=O)OCC(COP(=O)(O)OCC(O)COP(=O)(O)OCC(COC(=O)CCCCCCCC/C=C\C/C=C\C/C=C\C/C=C\CC)OC(=O)CCCCCCCCCCCCCCCCC)OC(=O)CCCCCCC/C=C\C/C=C\C/C=C\CC. The molecule has 0 amide bonds. The summed E-state index contributed by atoms with van der Waals surface area (Å²) in [5.74, 6) is -2.30. The molecule has 108 heavy (non-hydrogen) atoms. The molecular formula is C89H148O17P2. The summed E-state index contributed by atoms with van der Waals surface area (Å²) in [4.78, 5) is 73.2. The van der Waals surface area contributed by atoms with E-state index in [1.54, 1.807) is 0 Å². The number of hydrogen-bond donors (Lipinski definition) is 3. The molecule has 17 nitrogen and oxygen atoms in total. The third kappa shape index (κ3) is 78.8. The summed E-state index contributed by atoms with van der Waals surface area (Å²) >= 11 is 0. The third-order valence-electron chi connectivity index (χ3n) is 17.0. The van der Waals surface area contributed by atoms with Crippen molar-refractivity contribution in [3.05, 3.63) is 158 Å². The van der Waals surface area contributed by atoms with Crippen LogP contribution in [0.4, 0.5) is 0 Å². The molecule has 0 aromatic carbocycles. The summed E-state index contributed by atoms with van der Waals surface area (Å²) in [5, 5.41) is 10.7. The summed E-state index contributed by atoms with van der Waals surface area (Å²) in [5.41, 5.74) is 0. The number of carbonyl (C=O) groups is 4. The fraction of sp³-hybridized carbons (Fsp3) is 0.663. The zero-order valence-electron chi connectivity index (χ0n) is 67.5. The number of phosphoric ester groups is 2. The van der Waals surface area contributed by atoms with E-state index in [2.05, 4.69) is 167 Å². The average molecular weight is 1550 g/mol. The molecule has 3 N–H and O–H groups in total. The van der Waals surface area contributed by atoms with Crippen molar-refractivity contribution in [3.8, 4) is 0 Å². The van der Waals surface area contributed by atoms with Crippen molar-refractivity contribution in [2.75, 3.05) is 39.6 Å². The topological polar surface area (TPSA) is 237 Å². The Balaban J connectivity index is 5.45. The van der Waals surface area contributed by atoms with Crippen LogP contribution >= 0.6 is 15.6 Å². The second-order valence-corrected chi connectivity index (χ2v) is 30.2. The van der Waals surface area contributed by atoms with Gasteiger partial charge >= 0.3 is 39.5 Å². The number of aliphatic hydroxyl groups is 1. The first kappa shape index (κ1) is 103. The summed E-state index contributed by atoms with van der Waals surface area (Å²) in [6.45, 7) is 4.44. The number of unbranched alkanes of at least 4 members (excludes halogenated alkanes) is 25. The summed E-state index contributed by atoms with van der Waals surface area (Å²) in [6.07, 6.45) is 93.7. The molecule has 0 spiro atoms. The first-order valence-electron chi connectivity index (χ1n) is 41.7. The van der Waals surface area contributed by atoms with Gasteiger partial charge in [-0.15, -0.1) is 0 Å². The minimum absolute atomic E-state index is 0.0278. The summed E-state index contributed by atoms with van der Waals surface area (Å²) < 4.78 is 68.7. The molecule has 0 aromatic heterocycles. The highest BCUT2D eigenvalue weighted by molar-refractivity contribution is 7.47. The van der Waals surface area contributed by atoms with E-state index in [0.29, 0.717) is 32.1 Å². The van der Waals surface area contributed by atoms with Gasteiger partial charge in [-0.05, 0) is 135 Å². The van der Waals surface area contributed by atoms with Crippen LogP contribution in [0.5, 0.6) is 0 Å². The Bertz CT molecular complexity index is 2660. The van der Waals surface area contributed by atoms with E-state index in [4.69, 9.17) is 37.0 Å². The number of phosphoric acid groups is 2. The molecule has 0 fully saturated rings. The van der Waals surface area contributed by atoms with E-state index in [9.17, 15) is 43.2 Å². The van der Waals surface area contributed by atoms with Crippen LogP contribution in [-0.4, -0.2) is 96.7 Å². The van der Waals surface area contributed by atoms with Crippen molar-refractivity contribution in [2.24, 2.45) is 0 Å². The first-order chi connectivity index (χ1) is 52.7. The number of rotatable bonds is 77. The third-order valence-corrected chi connectivity index (χ3v) is 18.9. The van der Waals surface area contributed by atoms with Crippen molar-refractivity contribution in [3.63, 3.8) is 0 Å². The molecule has 0 heterocycles. The van der Waals surface area contributed by atoms with E-state index >= 15 is 0 Å². The van der Waals surface area contributed by atoms with Crippen LogP contribution in [0, 0.1) is 0 Å². The van der Waals surface area contributed by atoms with Crippen molar-refractivity contribution in [2.45, 2.75) is 341 Å². The molecule has 0 saturated carbocycles. The molecule has 0 bridgehead atoms.